The summed E-state index contributed by atoms with van der Waals surface area (Å²) >= 11 is 5.83. The Kier molecular flexibility index (Phi) is 5.16. The van der Waals surface area contributed by atoms with E-state index < -0.39 is 21.5 Å². The molecule has 150 valence electrons. The second-order valence-corrected chi connectivity index (χ2v) is 9.12. The molecule has 0 bridgehead atoms. The minimum atomic E-state index is -3.66. The number of piperazine rings is 1. The number of H-pyrrole nitrogens is 1. The second kappa shape index (κ2) is 7.62. The van der Waals surface area contributed by atoms with Crippen LogP contribution in [0.5, 0.6) is 0 Å². The van der Waals surface area contributed by atoms with E-state index in [1.165, 1.54) is 33.5 Å². The van der Waals surface area contributed by atoms with Crippen LogP contribution >= 0.6 is 11.6 Å². The van der Waals surface area contributed by atoms with Gasteiger partial charge in [-0.25, -0.2) is 8.42 Å². The predicted molar refractivity (Wildman–Crippen MR) is 111 cm³/mol. The molecule has 4 rings (SSSR count). The average Bonchev–Trinajstić information content (AvgIpc) is 2.73. The van der Waals surface area contributed by atoms with Crippen molar-refractivity contribution in [3.8, 4) is 0 Å². The van der Waals surface area contributed by atoms with Crippen LogP contribution in [0, 0.1) is 0 Å². The van der Waals surface area contributed by atoms with Gasteiger partial charge in [-0.3, -0.25) is 9.59 Å². The molecular weight excluding hydrogens is 414 g/mol. The van der Waals surface area contributed by atoms with E-state index in [-0.39, 0.29) is 36.6 Å². The van der Waals surface area contributed by atoms with Gasteiger partial charge in [0, 0.05) is 36.7 Å². The lowest BCUT2D eigenvalue weighted by Gasteiger charge is -2.34. The van der Waals surface area contributed by atoms with Crippen LogP contribution in [-0.2, 0) is 10.0 Å². The van der Waals surface area contributed by atoms with E-state index in [9.17, 15) is 18.0 Å². The second-order valence-electron chi connectivity index (χ2n) is 6.75. The molecule has 1 saturated heterocycles. The number of benzene rings is 2. The summed E-state index contributed by atoms with van der Waals surface area (Å²) in [5, 5.41) is 1.22. The van der Waals surface area contributed by atoms with E-state index in [0.29, 0.717) is 10.5 Å². The number of para-hydroxylation sites is 1. The lowest BCUT2D eigenvalue weighted by molar-refractivity contribution is 0.0696. The number of amides is 1. The van der Waals surface area contributed by atoms with Crippen LogP contribution in [0.4, 0.5) is 0 Å². The third-order valence-corrected chi connectivity index (χ3v) is 7.13. The van der Waals surface area contributed by atoms with Crippen molar-refractivity contribution in [2.45, 2.75) is 4.90 Å². The van der Waals surface area contributed by atoms with Crippen molar-refractivity contribution in [1.82, 2.24) is 14.2 Å². The fourth-order valence-corrected chi connectivity index (χ4v) is 4.91. The van der Waals surface area contributed by atoms with Gasteiger partial charge in [0.25, 0.3) is 11.5 Å². The summed E-state index contributed by atoms with van der Waals surface area (Å²) in [6.07, 6.45) is 0. The molecule has 1 N–H and O–H groups in total. The molecule has 2 heterocycles. The molecule has 9 heteroatoms. The first-order valence-corrected chi connectivity index (χ1v) is 10.8. The molecule has 3 aromatic rings. The number of aromatic amines is 1. The summed E-state index contributed by atoms with van der Waals surface area (Å²) in [6.45, 7) is 0.722. The SMILES string of the molecule is O=C(c1cc2ccccc2[nH]c1=O)N1CCN(S(=O)(=O)c2ccc(Cl)cc2)CC1. The molecule has 1 fully saturated rings. The van der Waals surface area contributed by atoms with Crippen molar-refractivity contribution in [2.24, 2.45) is 0 Å². The molecule has 1 aromatic heterocycles. The highest BCUT2D eigenvalue weighted by Gasteiger charge is 2.31. The van der Waals surface area contributed by atoms with Crippen LogP contribution in [0.1, 0.15) is 10.4 Å². The lowest BCUT2D eigenvalue weighted by atomic mass is 10.1. The van der Waals surface area contributed by atoms with Crippen LogP contribution in [0.25, 0.3) is 10.9 Å². The molecule has 29 heavy (non-hydrogen) atoms. The van der Waals surface area contributed by atoms with Crippen LogP contribution in [-0.4, -0.2) is 54.7 Å². The summed E-state index contributed by atoms with van der Waals surface area (Å²) in [5.74, 6) is -0.402. The summed E-state index contributed by atoms with van der Waals surface area (Å²) < 4.78 is 26.9. The number of hydrogen-bond acceptors (Lipinski definition) is 4. The fraction of sp³-hybridized carbons (Fsp3) is 0.200. The largest absolute Gasteiger partial charge is 0.336 e. The molecule has 7 nitrogen and oxygen atoms in total. The van der Waals surface area contributed by atoms with Gasteiger partial charge in [-0.1, -0.05) is 29.8 Å². The van der Waals surface area contributed by atoms with Crippen molar-refractivity contribution in [3.63, 3.8) is 0 Å². The number of sulfonamides is 1. The number of aromatic nitrogens is 1. The molecule has 0 spiro atoms. The van der Waals surface area contributed by atoms with Gasteiger partial charge in [0.2, 0.25) is 10.0 Å². The van der Waals surface area contributed by atoms with E-state index in [2.05, 4.69) is 4.98 Å². The maximum absolute atomic E-state index is 12.9. The maximum Gasteiger partial charge on any atom is 0.261 e. The molecule has 2 aromatic carbocycles. The fourth-order valence-electron chi connectivity index (χ4n) is 3.36. The quantitative estimate of drug-likeness (QED) is 0.689. The molecule has 1 amide bonds. The zero-order chi connectivity index (χ0) is 20.6. The first kappa shape index (κ1) is 19.6. The molecule has 0 atom stereocenters. The van der Waals surface area contributed by atoms with Crippen LogP contribution < -0.4 is 5.56 Å². The Balaban J connectivity index is 1.51. The smallest absolute Gasteiger partial charge is 0.261 e. The topological polar surface area (TPSA) is 90.6 Å². The van der Waals surface area contributed by atoms with E-state index in [0.717, 1.165) is 5.39 Å². The van der Waals surface area contributed by atoms with E-state index in [4.69, 9.17) is 11.6 Å². The van der Waals surface area contributed by atoms with Gasteiger partial charge in [-0.15, -0.1) is 0 Å². The number of rotatable bonds is 3. The van der Waals surface area contributed by atoms with Crippen molar-refractivity contribution in [2.75, 3.05) is 26.2 Å². The number of carbonyl (C=O) groups is 1. The Morgan fingerprint density at radius 1 is 0.966 bits per heavy atom. The summed E-state index contributed by atoms with van der Waals surface area (Å²) in [5.41, 5.74) is 0.260. The van der Waals surface area contributed by atoms with Gasteiger partial charge in [-0.2, -0.15) is 4.31 Å². The lowest BCUT2D eigenvalue weighted by Crippen LogP contribution is -2.51. The van der Waals surface area contributed by atoms with Gasteiger partial charge in [0.1, 0.15) is 5.56 Å². The van der Waals surface area contributed by atoms with Gasteiger partial charge in [-0.05, 0) is 41.8 Å². The summed E-state index contributed by atoms with van der Waals surface area (Å²) in [6, 6.07) is 14.8. The monoisotopic (exact) mass is 431 g/mol. The molecular formula is C20H18ClN3O4S. The number of fused-ring (bicyclic) bond motifs is 1. The predicted octanol–water partition coefficient (Wildman–Crippen LogP) is 2.33. The van der Waals surface area contributed by atoms with Crippen molar-refractivity contribution >= 4 is 38.4 Å². The minimum absolute atomic E-state index is 0.0534. The molecule has 1 aliphatic heterocycles. The third kappa shape index (κ3) is 3.78. The Bertz CT molecular complexity index is 1230. The van der Waals surface area contributed by atoms with Crippen LogP contribution in [0.3, 0.4) is 0 Å². The number of nitrogens with zero attached hydrogens (tertiary/aromatic N) is 2. The van der Waals surface area contributed by atoms with Gasteiger partial charge >= 0.3 is 0 Å². The molecule has 1 aliphatic rings. The molecule has 0 aliphatic carbocycles. The normalized spacial score (nSPS) is 15.6. The zero-order valence-electron chi connectivity index (χ0n) is 15.3. The highest BCUT2D eigenvalue weighted by molar-refractivity contribution is 7.89. The Labute approximate surface area is 172 Å². The van der Waals surface area contributed by atoms with E-state index >= 15 is 0 Å². The number of halogens is 1. The summed E-state index contributed by atoms with van der Waals surface area (Å²) in [4.78, 5) is 29.6. The van der Waals surface area contributed by atoms with Gasteiger partial charge < -0.3 is 9.88 Å². The first-order chi connectivity index (χ1) is 13.9. The Morgan fingerprint density at radius 2 is 1.62 bits per heavy atom. The Hall–Kier alpha value is -2.68. The van der Waals surface area contributed by atoms with Crippen molar-refractivity contribution in [1.29, 1.82) is 0 Å². The van der Waals surface area contributed by atoms with Crippen molar-refractivity contribution in [3.05, 3.63) is 75.5 Å². The number of nitrogens with one attached hydrogen (secondary N) is 1. The highest BCUT2D eigenvalue weighted by atomic mass is 35.5. The highest BCUT2D eigenvalue weighted by Crippen LogP contribution is 2.20. The average molecular weight is 432 g/mol. The number of carbonyl (C=O) groups excluding carboxylic acids is 1. The number of hydrogen-bond donors (Lipinski definition) is 1. The van der Waals surface area contributed by atoms with E-state index in [1.807, 2.05) is 12.1 Å². The molecule has 0 unspecified atom stereocenters. The van der Waals surface area contributed by atoms with Gasteiger partial charge in [0.05, 0.1) is 4.90 Å². The van der Waals surface area contributed by atoms with Crippen molar-refractivity contribution < 1.29 is 13.2 Å². The van der Waals surface area contributed by atoms with Crippen LogP contribution in [0.15, 0.2) is 64.3 Å². The molecule has 0 saturated carbocycles. The standard InChI is InChI=1S/C20H18ClN3O4S/c21-15-5-7-16(8-6-15)29(27,28)24-11-9-23(10-12-24)20(26)17-13-14-3-1-2-4-18(14)22-19(17)25/h1-8,13H,9-12H2,(H,22,25). The number of pyridine rings is 1. The Morgan fingerprint density at radius 3 is 2.31 bits per heavy atom. The molecule has 0 radical (unpaired) electrons. The van der Waals surface area contributed by atoms with Gasteiger partial charge in [0.15, 0.2) is 0 Å². The van der Waals surface area contributed by atoms with Crippen LogP contribution in [0.2, 0.25) is 5.02 Å². The minimum Gasteiger partial charge on any atom is -0.336 e. The first-order valence-electron chi connectivity index (χ1n) is 9.03. The zero-order valence-corrected chi connectivity index (χ0v) is 16.9. The third-order valence-electron chi connectivity index (χ3n) is 4.96. The van der Waals surface area contributed by atoms with E-state index in [1.54, 1.807) is 18.2 Å². The summed E-state index contributed by atoms with van der Waals surface area (Å²) in [7, 11) is -3.66. The maximum atomic E-state index is 12.9.